The van der Waals surface area contributed by atoms with Gasteiger partial charge in [0.05, 0.1) is 13.2 Å². The fourth-order valence-corrected chi connectivity index (χ4v) is 7.15. The summed E-state index contributed by atoms with van der Waals surface area (Å²) in [6, 6.07) is 0. The van der Waals surface area contributed by atoms with Gasteiger partial charge in [0, 0.05) is 19.4 Å². The number of unbranched alkanes of at least 4 members (excludes halogenated alkanes) is 26. The minimum absolute atomic E-state index is 0.0531. The van der Waals surface area contributed by atoms with Gasteiger partial charge in [-0.3, -0.25) is 18.6 Å². The number of allylic oxidation sites excluding steroid dienone is 4. The second-order valence-electron chi connectivity index (χ2n) is 15.3. The molecular weight excluding hydrogens is 713 g/mol. The fraction of sp³-hybridized carbons (Fsp3) is 0.867. The van der Waals surface area contributed by atoms with Crippen molar-refractivity contribution in [2.45, 2.75) is 225 Å². The van der Waals surface area contributed by atoms with Crippen molar-refractivity contribution in [2.75, 3.05) is 26.4 Å². The third-order valence-corrected chi connectivity index (χ3v) is 10.8. The first-order chi connectivity index (χ1) is 26.8. The molecule has 10 heteroatoms. The van der Waals surface area contributed by atoms with Crippen molar-refractivity contribution in [1.82, 2.24) is 0 Å². The molecule has 2 unspecified atom stereocenters. The molecule has 324 valence electrons. The molecule has 0 aromatic rings. The summed E-state index contributed by atoms with van der Waals surface area (Å²) >= 11 is 0. The molecule has 0 amide bonds. The summed E-state index contributed by atoms with van der Waals surface area (Å²) in [7, 11) is -4.38. The smallest absolute Gasteiger partial charge is 0.462 e. The number of phosphoric acid groups is 1. The Morgan fingerprint density at radius 1 is 0.527 bits per heavy atom. The van der Waals surface area contributed by atoms with Gasteiger partial charge in [-0.1, -0.05) is 167 Å². The Labute approximate surface area is 338 Å². The number of ether oxygens (including phenoxy) is 2. The maximum atomic E-state index is 12.6. The van der Waals surface area contributed by atoms with E-state index in [4.69, 9.17) is 24.3 Å². The zero-order chi connectivity index (χ0) is 40.3. The van der Waals surface area contributed by atoms with E-state index in [-0.39, 0.29) is 38.6 Å². The Morgan fingerprint density at radius 3 is 1.29 bits per heavy atom. The van der Waals surface area contributed by atoms with Gasteiger partial charge >= 0.3 is 19.8 Å². The van der Waals surface area contributed by atoms with Crippen LogP contribution < -0.4 is 5.73 Å². The lowest BCUT2D eigenvalue weighted by Gasteiger charge is -2.19. The van der Waals surface area contributed by atoms with Crippen LogP contribution in [0.4, 0.5) is 0 Å². The quantitative estimate of drug-likeness (QED) is 0.0267. The van der Waals surface area contributed by atoms with Crippen molar-refractivity contribution in [2.24, 2.45) is 5.73 Å². The molecule has 3 N–H and O–H groups in total. The molecular formula is C45H86NO8P. The van der Waals surface area contributed by atoms with Gasteiger partial charge in [-0.15, -0.1) is 0 Å². The van der Waals surface area contributed by atoms with Crippen LogP contribution >= 0.6 is 7.82 Å². The first-order valence-electron chi connectivity index (χ1n) is 22.8. The minimum Gasteiger partial charge on any atom is -0.462 e. The Balaban J connectivity index is 4.11. The van der Waals surface area contributed by atoms with E-state index in [1.165, 1.54) is 128 Å². The number of hydrogen-bond donors (Lipinski definition) is 2. The summed E-state index contributed by atoms with van der Waals surface area (Å²) in [5.74, 6) is -0.834. The predicted octanol–water partition coefficient (Wildman–Crippen LogP) is 13.2. The van der Waals surface area contributed by atoms with Crippen molar-refractivity contribution >= 4 is 19.8 Å². The van der Waals surface area contributed by atoms with Gasteiger partial charge in [0.25, 0.3) is 0 Å². The van der Waals surface area contributed by atoms with E-state index in [1.807, 2.05) is 0 Å². The van der Waals surface area contributed by atoms with Crippen LogP contribution in [0, 0.1) is 0 Å². The lowest BCUT2D eigenvalue weighted by molar-refractivity contribution is -0.161. The molecule has 0 aromatic heterocycles. The molecule has 0 heterocycles. The maximum Gasteiger partial charge on any atom is 0.472 e. The summed E-state index contributed by atoms with van der Waals surface area (Å²) in [4.78, 5) is 34.9. The molecule has 0 aromatic carbocycles. The van der Waals surface area contributed by atoms with Gasteiger partial charge < -0.3 is 20.1 Å². The Bertz CT molecular complexity index is 959. The zero-order valence-corrected chi connectivity index (χ0v) is 36.6. The van der Waals surface area contributed by atoms with Crippen LogP contribution in [0.1, 0.15) is 219 Å². The average molecular weight is 800 g/mol. The summed E-state index contributed by atoms with van der Waals surface area (Å²) < 4.78 is 32.8. The molecule has 0 bridgehead atoms. The van der Waals surface area contributed by atoms with Crippen molar-refractivity contribution < 1.29 is 37.6 Å². The van der Waals surface area contributed by atoms with Gasteiger partial charge in [-0.05, 0) is 64.2 Å². The van der Waals surface area contributed by atoms with E-state index in [0.717, 1.165) is 57.8 Å². The van der Waals surface area contributed by atoms with E-state index in [2.05, 4.69) is 38.2 Å². The lowest BCUT2D eigenvalue weighted by atomic mass is 10.1. The maximum absolute atomic E-state index is 12.6. The monoisotopic (exact) mass is 800 g/mol. The highest BCUT2D eigenvalue weighted by molar-refractivity contribution is 7.47. The molecule has 0 aliphatic rings. The van der Waals surface area contributed by atoms with Crippen LogP contribution in [0.25, 0.3) is 0 Å². The first kappa shape index (κ1) is 53.5. The third-order valence-electron chi connectivity index (χ3n) is 9.81. The van der Waals surface area contributed by atoms with Crippen LogP contribution in [0.15, 0.2) is 24.3 Å². The van der Waals surface area contributed by atoms with Crippen molar-refractivity contribution in [1.29, 1.82) is 0 Å². The molecule has 9 nitrogen and oxygen atoms in total. The van der Waals surface area contributed by atoms with E-state index < -0.39 is 26.5 Å². The van der Waals surface area contributed by atoms with Gasteiger partial charge in [-0.25, -0.2) is 4.57 Å². The summed E-state index contributed by atoms with van der Waals surface area (Å²) in [6.07, 6.45) is 44.9. The second-order valence-corrected chi connectivity index (χ2v) is 16.7. The number of phosphoric ester groups is 1. The Morgan fingerprint density at radius 2 is 0.891 bits per heavy atom. The third kappa shape index (κ3) is 41.9. The molecule has 2 atom stereocenters. The summed E-state index contributed by atoms with van der Waals surface area (Å²) in [6.45, 7) is 3.73. The van der Waals surface area contributed by atoms with E-state index in [9.17, 15) is 19.0 Å². The number of hydrogen-bond acceptors (Lipinski definition) is 8. The van der Waals surface area contributed by atoms with Crippen molar-refractivity contribution in [3.63, 3.8) is 0 Å². The highest BCUT2D eigenvalue weighted by Gasteiger charge is 2.26. The number of rotatable bonds is 43. The Kier molecular flexibility index (Phi) is 40.9. The van der Waals surface area contributed by atoms with Crippen LogP contribution in [-0.2, 0) is 32.7 Å². The molecule has 0 fully saturated rings. The molecule has 0 rings (SSSR count). The molecule has 0 radical (unpaired) electrons. The van der Waals surface area contributed by atoms with Crippen LogP contribution in [0.2, 0.25) is 0 Å². The summed E-state index contributed by atoms with van der Waals surface area (Å²) in [5.41, 5.74) is 5.35. The summed E-state index contributed by atoms with van der Waals surface area (Å²) in [5, 5.41) is 0. The van der Waals surface area contributed by atoms with E-state index in [0.29, 0.717) is 6.42 Å². The number of carbonyl (C=O) groups excluding carboxylic acids is 2. The average Bonchev–Trinajstić information content (AvgIpc) is 3.17. The zero-order valence-electron chi connectivity index (χ0n) is 35.7. The molecule has 0 aliphatic carbocycles. The van der Waals surface area contributed by atoms with E-state index >= 15 is 0 Å². The predicted molar refractivity (Wildman–Crippen MR) is 229 cm³/mol. The molecule has 0 saturated heterocycles. The Hall–Kier alpha value is -1.51. The van der Waals surface area contributed by atoms with Gasteiger partial charge in [0.15, 0.2) is 6.10 Å². The molecule has 0 saturated carbocycles. The van der Waals surface area contributed by atoms with Crippen LogP contribution in [0.5, 0.6) is 0 Å². The van der Waals surface area contributed by atoms with Gasteiger partial charge in [0.1, 0.15) is 6.61 Å². The number of carbonyl (C=O) groups is 2. The lowest BCUT2D eigenvalue weighted by Crippen LogP contribution is -2.29. The standard InChI is InChI=1S/C45H86NO8P/c1-3-5-7-9-11-13-15-17-19-20-21-22-24-26-28-30-32-34-36-38-45(48)54-43(42-53-55(49,50)52-40-39-46)41-51-44(47)37-35-33-31-29-27-25-23-18-16-14-12-10-8-6-4-2/h17-19,23,43H,3-16,20-22,24-42,46H2,1-2H3,(H,49,50). The minimum atomic E-state index is -4.38. The van der Waals surface area contributed by atoms with Crippen molar-refractivity contribution in [3.8, 4) is 0 Å². The molecule has 0 aliphatic heterocycles. The SMILES string of the molecule is CCCCCCCCC=CCCCCCCCCCCCC(=O)OC(COC(=O)CCCCCCCC=CCCCCCCCC)COP(=O)(O)OCCN. The fourth-order valence-electron chi connectivity index (χ4n) is 6.39. The van der Waals surface area contributed by atoms with Gasteiger partial charge in [-0.2, -0.15) is 0 Å². The number of esters is 2. The molecule has 0 spiro atoms. The number of nitrogens with two attached hydrogens (primary N) is 1. The van der Waals surface area contributed by atoms with Crippen LogP contribution in [0.3, 0.4) is 0 Å². The van der Waals surface area contributed by atoms with E-state index in [1.54, 1.807) is 0 Å². The van der Waals surface area contributed by atoms with Gasteiger partial charge in [0.2, 0.25) is 0 Å². The topological polar surface area (TPSA) is 134 Å². The first-order valence-corrected chi connectivity index (χ1v) is 24.3. The normalized spacial score (nSPS) is 13.5. The second kappa shape index (κ2) is 42.1. The highest BCUT2D eigenvalue weighted by Crippen LogP contribution is 2.43. The largest absolute Gasteiger partial charge is 0.472 e. The molecule has 55 heavy (non-hydrogen) atoms. The van der Waals surface area contributed by atoms with Crippen LogP contribution in [-0.4, -0.2) is 49.3 Å². The highest BCUT2D eigenvalue weighted by atomic mass is 31.2. The van der Waals surface area contributed by atoms with Crippen molar-refractivity contribution in [3.05, 3.63) is 24.3 Å².